The van der Waals surface area contributed by atoms with Crippen LogP contribution in [0.5, 0.6) is 0 Å². The van der Waals surface area contributed by atoms with E-state index < -0.39 is 12.0 Å². The molecule has 3 N–H and O–H groups in total. The Bertz CT molecular complexity index is 274. The minimum Gasteiger partial charge on any atom is -0.480 e. The van der Waals surface area contributed by atoms with Crippen molar-refractivity contribution in [2.24, 2.45) is 10.7 Å². The molecule has 92 valence electrons. The maximum Gasteiger partial charge on any atom is 0.320 e. The highest BCUT2D eigenvalue weighted by atomic mass is 16.4. The van der Waals surface area contributed by atoms with Gasteiger partial charge in [0.05, 0.1) is 0 Å². The first kappa shape index (κ1) is 14.8. The maximum absolute atomic E-state index is 10.7. The second-order valence-electron chi connectivity index (χ2n) is 3.91. The van der Waals surface area contributed by atoms with Crippen LogP contribution in [0, 0.1) is 0 Å². The number of aliphatic carboxylic acids is 1. The van der Waals surface area contributed by atoms with E-state index in [1.165, 1.54) is 0 Å². The van der Waals surface area contributed by atoms with Crippen LogP contribution in [0.1, 0.15) is 39.5 Å². The highest BCUT2D eigenvalue weighted by Gasteiger charge is 2.09. The molecule has 16 heavy (non-hydrogen) atoms. The summed E-state index contributed by atoms with van der Waals surface area (Å²) in [7, 11) is 0. The molecule has 0 aliphatic heterocycles. The second-order valence-corrected chi connectivity index (χ2v) is 3.91. The fraction of sp³-hybridized carbons (Fsp3) is 0.727. The molecule has 1 unspecified atom stereocenters. The molecule has 0 saturated carbocycles. The van der Waals surface area contributed by atoms with Crippen molar-refractivity contribution < 1.29 is 14.7 Å². The van der Waals surface area contributed by atoms with Crippen LogP contribution in [0.4, 0.5) is 0 Å². The third-order valence-corrected chi connectivity index (χ3v) is 2.21. The lowest BCUT2D eigenvalue weighted by Gasteiger charge is -2.04. The van der Waals surface area contributed by atoms with Gasteiger partial charge in [0.1, 0.15) is 11.8 Å². The molecule has 0 heterocycles. The first-order valence-corrected chi connectivity index (χ1v) is 5.41. The number of nitrogens with zero attached hydrogens (tertiary/aromatic N) is 1. The number of nitrogens with two attached hydrogens (primary N) is 1. The Balaban J connectivity index is 3.66. The molecule has 0 aliphatic carbocycles. The minimum absolute atomic E-state index is 0.155. The quantitative estimate of drug-likeness (QED) is 0.479. The molecule has 0 saturated heterocycles. The summed E-state index contributed by atoms with van der Waals surface area (Å²) in [6, 6.07) is -0.798. The van der Waals surface area contributed by atoms with Crippen LogP contribution in [0.15, 0.2) is 4.99 Å². The van der Waals surface area contributed by atoms with Crippen molar-refractivity contribution in [3.8, 4) is 0 Å². The molecule has 1 atom stereocenters. The lowest BCUT2D eigenvalue weighted by atomic mass is 10.1. The molecule has 5 nitrogen and oxygen atoms in total. The number of carboxylic acids is 1. The van der Waals surface area contributed by atoms with Crippen LogP contribution in [0.25, 0.3) is 0 Å². The molecule has 0 aromatic rings. The van der Waals surface area contributed by atoms with E-state index in [1.807, 2.05) is 6.92 Å². The number of hydrogen-bond donors (Lipinski definition) is 2. The van der Waals surface area contributed by atoms with Gasteiger partial charge in [0.15, 0.2) is 0 Å². The largest absolute Gasteiger partial charge is 0.480 e. The average Bonchev–Trinajstić information content (AvgIpc) is 2.20. The number of ketones is 1. The number of Topliss-reactive ketones (excluding diaryl/α,β-unsaturated/α-hetero) is 1. The summed E-state index contributed by atoms with van der Waals surface area (Å²) < 4.78 is 0. The number of rotatable bonds is 8. The summed E-state index contributed by atoms with van der Waals surface area (Å²) in [5.41, 5.74) is 6.27. The summed E-state index contributed by atoms with van der Waals surface area (Å²) in [6.07, 6.45) is 2.29. The number of hydrogen-bond acceptors (Lipinski definition) is 4. The van der Waals surface area contributed by atoms with Crippen molar-refractivity contribution in [2.45, 2.75) is 45.6 Å². The topological polar surface area (TPSA) is 92.8 Å². The number of carbonyl (C=O) groups is 2. The molecule has 0 aliphatic rings. The second kappa shape index (κ2) is 7.98. The molecular formula is C11H20N2O3. The lowest BCUT2D eigenvalue weighted by molar-refractivity contribution is -0.138. The molecule has 0 amide bonds. The van der Waals surface area contributed by atoms with Crippen LogP contribution in [-0.4, -0.2) is 35.2 Å². The fourth-order valence-corrected chi connectivity index (χ4v) is 1.14. The van der Waals surface area contributed by atoms with Crippen molar-refractivity contribution in [1.82, 2.24) is 0 Å². The Morgan fingerprint density at radius 2 is 1.94 bits per heavy atom. The molecule has 5 heteroatoms. The number of carbonyl (C=O) groups excluding carboxylic acids is 1. The molecular weight excluding hydrogens is 208 g/mol. The van der Waals surface area contributed by atoms with Crippen LogP contribution in [0.3, 0.4) is 0 Å². The van der Waals surface area contributed by atoms with Gasteiger partial charge < -0.3 is 15.6 Å². The summed E-state index contributed by atoms with van der Waals surface area (Å²) in [4.78, 5) is 25.4. The molecule has 0 bridgehead atoms. The predicted octanol–water partition coefficient (Wildman–Crippen LogP) is 1.01. The van der Waals surface area contributed by atoms with Gasteiger partial charge in [0, 0.05) is 18.7 Å². The fourth-order valence-electron chi connectivity index (χ4n) is 1.14. The molecule has 0 spiro atoms. The van der Waals surface area contributed by atoms with Crippen LogP contribution >= 0.6 is 0 Å². The molecule has 0 fully saturated rings. The zero-order chi connectivity index (χ0) is 12.6. The monoisotopic (exact) mass is 228 g/mol. The van der Waals surface area contributed by atoms with Gasteiger partial charge in [-0.25, -0.2) is 0 Å². The van der Waals surface area contributed by atoms with Gasteiger partial charge in [-0.15, -0.1) is 0 Å². The summed E-state index contributed by atoms with van der Waals surface area (Å²) in [5, 5.41) is 8.54. The van der Waals surface area contributed by atoms with Gasteiger partial charge in [0.2, 0.25) is 0 Å². The standard InChI is InChI=1S/C11H20N2O3/c1-8(5-6-9(2)14)13-7-3-4-10(12)11(15)16/h10H,3-7,12H2,1-2H3,(H,15,16). The Hall–Kier alpha value is -1.23. The van der Waals surface area contributed by atoms with E-state index in [2.05, 4.69) is 4.99 Å². The molecule has 0 aromatic heterocycles. The predicted molar refractivity (Wildman–Crippen MR) is 62.7 cm³/mol. The van der Waals surface area contributed by atoms with E-state index >= 15 is 0 Å². The molecule has 0 rings (SSSR count). The molecule has 0 aromatic carbocycles. The van der Waals surface area contributed by atoms with E-state index in [0.29, 0.717) is 32.2 Å². The normalized spacial score (nSPS) is 13.6. The lowest BCUT2D eigenvalue weighted by Crippen LogP contribution is -2.29. The van der Waals surface area contributed by atoms with Gasteiger partial charge in [-0.05, 0) is 33.1 Å². The smallest absolute Gasteiger partial charge is 0.320 e. The van der Waals surface area contributed by atoms with Crippen LogP contribution < -0.4 is 5.73 Å². The Kier molecular flexibility index (Phi) is 7.37. The maximum atomic E-state index is 10.7. The van der Waals surface area contributed by atoms with Gasteiger partial charge in [-0.2, -0.15) is 0 Å². The van der Waals surface area contributed by atoms with Crippen molar-refractivity contribution in [3.63, 3.8) is 0 Å². The van der Waals surface area contributed by atoms with Crippen LogP contribution in [0.2, 0.25) is 0 Å². The van der Waals surface area contributed by atoms with Crippen LogP contribution in [-0.2, 0) is 9.59 Å². The summed E-state index contributed by atoms with van der Waals surface area (Å²) in [6.45, 7) is 4.00. The Labute approximate surface area is 95.7 Å². The highest BCUT2D eigenvalue weighted by Crippen LogP contribution is 1.98. The van der Waals surface area contributed by atoms with Crippen molar-refractivity contribution in [3.05, 3.63) is 0 Å². The van der Waals surface area contributed by atoms with Gasteiger partial charge >= 0.3 is 5.97 Å². The SMILES string of the molecule is CC(=O)CCC(C)=NCCCC(N)C(=O)O. The molecule has 0 radical (unpaired) electrons. The first-order valence-electron chi connectivity index (χ1n) is 5.41. The summed E-state index contributed by atoms with van der Waals surface area (Å²) in [5.74, 6) is -0.820. The van der Waals surface area contributed by atoms with Crippen molar-refractivity contribution >= 4 is 17.5 Å². The Morgan fingerprint density at radius 1 is 1.31 bits per heavy atom. The zero-order valence-corrected chi connectivity index (χ0v) is 9.90. The van der Waals surface area contributed by atoms with E-state index in [9.17, 15) is 9.59 Å². The number of aliphatic imine (C=N–C) groups is 1. The highest BCUT2D eigenvalue weighted by molar-refractivity contribution is 5.86. The number of carboxylic acid groups (broad SMARTS) is 1. The van der Waals surface area contributed by atoms with Gasteiger partial charge in [-0.3, -0.25) is 9.79 Å². The first-order chi connectivity index (χ1) is 7.43. The Morgan fingerprint density at radius 3 is 2.44 bits per heavy atom. The van der Waals surface area contributed by atoms with E-state index in [0.717, 1.165) is 5.71 Å². The average molecular weight is 228 g/mol. The van der Waals surface area contributed by atoms with E-state index in [1.54, 1.807) is 6.92 Å². The zero-order valence-electron chi connectivity index (χ0n) is 9.90. The minimum atomic E-state index is -0.975. The third-order valence-electron chi connectivity index (χ3n) is 2.21. The van der Waals surface area contributed by atoms with E-state index in [-0.39, 0.29) is 5.78 Å². The summed E-state index contributed by atoms with van der Waals surface area (Å²) >= 11 is 0. The van der Waals surface area contributed by atoms with Crippen molar-refractivity contribution in [1.29, 1.82) is 0 Å². The van der Waals surface area contributed by atoms with Gasteiger partial charge in [0.25, 0.3) is 0 Å². The van der Waals surface area contributed by atoms with E-state index in [4.69, 9.17) is 10.8 Å². The van der Waals surface area contributed by atoms with Gasteiger partial charge in [-0.1, -0.05) is 0 Å². The third kappa shape index (κ3) is 8.11. The van der Waals surface area contributed by atoms with Crippen molar-refractivity contribution in [2.75, 3.05) is 6.54 Å².